The van der Waals surface area contributed by atoms with Gasteiger partial charge in [-0.15, -0.1) is 0 Å². The Morgan fingerprint density at radius 3 is 1.48 bits per heavy atom. The van der Waals surface area contributed by atoms with E-state index in [9.17, 15) is 0 Å². The SMILES string of the molecule is CCCCCCCCCCCCCCCCC(Cc1ccccc1)C(C)C. The molecule has 0 fully saturated rings. The van der Waals surface area contributed by atoms with Crippen molar-refractivity contribution < 1.29 is 0 Å². The maximum Gasteiger partial charge on any atom is -0.0248 e. The Labute approximate surface area is 171 Å². The largest absolute Gasteiger partial charge is 0.0654 e. The summed E-state index contributed by atoms with van der Waals surface area (Å²) < 4.78 is 0. The zero-order valence-electron chi connectivity index (χ0n) is 18.9. The van der Waals surface area contributed by atoms with Gasteiger partial charge in [-0.25, -0.2) is 0 Å². The molecule has 27 heavy (non-hydrogen) atoms. The van der Waals surface area contributed by atoms with Crippen LogP contribution in [0.4, 0.5) is 0 Å². The van der Waals surface area contributed by atoms with Crippen LogP contribution in [0.5, 0.6) is 0 Å². The van der Waals surface area contributed by atoms with Crippen LogP contribution in [0.15, 0.2) is 30.3 Å². The molecule has 0 aliphatic rings. The van der Waals surface area contributed by atoms with Gasteiger partial charge in [-0.3, -0.25) is 0 Å². The first kappa shape index (κ1) is 24.3. The molecule has 0 radical (unpaired) electrons. The minimum absolute atomic E-state index is 0.798. The van der Waals surface area contributed by atoms with E-state index in [4.69, 9.17) is 0 Å². The van der Waals surface area contributed by atoms with Crippen LogP contribution in [-0.2, 0) is 6.42 Å². The van der Waals surface area contributed by atoms with Crippen molar-refractivity contribution >= 4 is 0 Å². The number of hydrogen-bond acceptors (Lipinski definition) is 0. The lowest BCUT2D eigenvalue weighted by molar-refractivity contribution is 0.342. The second-order valence-electron chi connectivity index (χ2n) is 9.08. The highest BCUT2D eigenvalue weighted by atomic mass is 14.2. The average Bonchev–Trinajstić information content (AvgIpc) is 2.68. The van der Waals surface area contributed by atoms with Crippen LogP contribution in [0.1, 0.15) is 123 Å². The zero-order valence-corrected chi connectivity index (χ0v) is 18.9. The first-order chi connectivity index (χ1) is 13.2. The van der Waals surface area contributed by atoms with Gasteiger partial charge in [-0.2, -0.15) is 0 Å². The van der Waals surface area contributed by atoms with Crippen molar-refractivity contribution in [1.82, 2.24) is 0 Å². The van der Waals surface area contributed by atoms with E-state index in [1.807, 2.05) is 0 Å². The maximum atomic E-state index is 2.40. The molecule has 0 saturated carbocycles. The van der Waals surface area contributed by atoms with Crippen molar-refractivity contribution in [2.45, 2.75) is 124 Å². The lowest BCUT2D eigenvalue weighted by Gasteiger charge is -2.21. The Morgan fingerprint density at radius 2 is 1.04 bits per heavy atom. The van der Waals surface area contributed by atoms with E-state index < -0.39 is 0 Å². The summed E-state index contributed by atoms with van der Waals surface area (Å²) in [5.41, 5.74) is 1.52. The molecule has 0 amide bonds. The molecule has 1 rings (SSSR count). The molecule has 1 aromatic carbocycles. The van der Waals surface area contributed by atoms with Gasteiger partial charge in [0.05, 0.1) is 0 Å². The fraction of sp³-hybridized carbons (Fsp3) is 0.778. The Kier molecular flexibility index (Phi) is 15.6. The lowest BCUT2D eigenvalue weighted by Crippen LogP contribution is -2.12. The summed E-state index contributed by atoms with van der Waals surface area (Å²) in [4.78, 5) is 0. The van der Waals surface area contributed by atoms with Gasteiger partial charge in [0.25, 0.3) is 0 Å². The van der Waals surface area contributed by atoms with Crippen LogP contribution in [0.3, 0.4) is 0 Å². The lowest BCUT2D eigenvalue weighted by atomic mass is 9.85. The third-order valence-electron chi connectivity index (χ3n) is 6.21. The van der Waals surface area contributed by atoms with Crippen molar-refractivity contribution in [3.63, 3.8) is 0 Å². The summed E-state index contributed by atoms with van der Waals surface area (Å²) in [6.07, 6.45) is 23.0. The minimum Gasteiger partial charge on any atom is -0.0654 e. The van der Waals surface area contributed by atoms with Gasteiger partial charge >= 0.3 is 0 Å². The molecule has 0 aliphatic heterocycles. The fourth-order valence-electron chi connectivity index (χ4n) is 4.19. The summed E-state index contributed by atoms with van der Waals surface area (Å²) in [5, 5.41) is 0. The van der Waals surface area contributed by atoms with Gasteiger partial charge in [0.2, 0.25) is 0 Å². The van der Waals surface area contributed by atoms with Crippen LogP contribution >= 0.6 is 0 Å². The minimum atomic E-state index is 0.798. The van der Waals surface area contributed by atoms with Gasteiger partial charge in [0.15, 0.2) is 0 Å². The summed E-state index contributed by atoms with van der Waals surface area (Å²) in [6, 6.07) is 11.1. The van der Waals surface area contributed by atoms with E-state index in [2.05, 4.69) is 51.1 Å². The molecule has 0 aromatic heterocycles. The summed E-state index contributed by atoms with van der Waals surface area (Å²) in [5.74, 6) is 1.65. The molecule has 0 heteroatoms. The monoisotopic (exact) mass is 372 g/mol. The highest BCUT2D eigenvalue weighted by Gasteiger charge is 2.13. The van der Waals surface area contributed by atoms with Gasteiger partial charge < -0.3 is 0 Å². The topological polar surface area (TPSA) is 0 Å². The predicted octanol–water partition coefficient (Wildman–Crippen LogP) is 9.37. The third-order valence-corrected chi connectivity index (χ3v) is 6.21. The van der Waals surface area contributed by atoms with Gasteiger partial charge in [-0.1, -0.05) is 141 Å². The molecular formula is C27H48. The summed E-state index contributed by atoms with van der Waals surface area (Å²) >= 11 is 0. The smallest absolute Gasteiger partial charge is 0.0248 e. The van der Waals surface area contributed by atoms with E-state index >= 15 is 0 Å². The predicted molar refractivity (Wildman–Crippen MR) is 123 cm³/mol. The number of unbranched alkanes of at least 4 members (excludes halogenated alkanes) is 13. The summed E-state index contributed by atoms with van der Waals surface area (Å²) in [7, 11) is 0. The molecule has 0 aliphatic carbocycles. The number of hydrogen-bond donors (Lipinski definition) is 0. The Balaban J connectivity index is 1.92. The van der Waals surface area contributed by atoms with E-state index in [1.54, 1.807) is 0 Å². The molecule has 156 valence electrons. The Bertz CT molecular complexity index is 405. The average molecular weight is 373 g/mol. The van der Waals surface area contributed by atoms with Crippen LogP contribution < -0.4 is 0 Å². The Hall–Kier alpha value is -0.780. The van der Waals surface area contributed by atoms with E-state index in [-0.39, 0.29) is 0 Å². The van der Waals surface area contributed by atoms with Crippen molar-refractivity contribution in [3.8, 4) is 0 Å². The standard InChI is InChI=1S/C27H48/c1-4-5-6-7-8-9-10-11-12-13-14-15-16-20-23-27(25(2)3)24-26-21-18-17-19-22-26/h17-19,21-22,25,27H,4-16,20,23-24H2,1-3H3. The number of rotatable bonds is 18. The van der Waals surface area contributed by atoms with Gasteiger partial charge in [0, 0.05) is 0 Å². The molecule has 0 saturated heterocycles. The summed E-state index contributed by atoms with van der Waals surface area (Å²) in [6.45, 7) is 7.10. The molecule has 1 aromatic rings. The van der Waals surface area contributed by atoms with Crippen molar-refractivity contribution in [2.75, 3.05) is 0 Å². The first-order valence-corrected chi connectivity index (χ1v) is 12.3. The quantitative estimate of drug-likeness (QED) is 0.225. The van der Waals surface area contributed by atoms with Crippen LogP contribution in [0, 0.1) is 11.8 Å². The molecule has 0 heterocycles. The van der Waals surface area contributed by atoms with Crippen molar-refractivity contribution in [2.24, 2.45) is 11.8 Å². The molecule has 0 bridgehead atoms. The molecule has 1 unspecified atom stereocenters. The highest BCUT2D eigenvalue weighted by molar-refractivity contribution is 5.15. The number of benzene rings is 1. The maximum absolute atomic E-state index is 2.40. The van der Waals surface area contributed by atoms with Crippen LogP contribution in [0.2, 0.25) is 0 Å². The van der Waals surface area contributed by atoms with Crippen LogP contribution in [0.25, 0.3) is 0 Å². The van der Waals surface area contributed by atoms with E-state index in [0.717, 1.165) is 11.8 Å². The zero-order chi connectivity index (χ0) is 19.6. The molecule has 0 N–H and O–H groups in total. The second kappa shape index (κ2) is 17.3. The van der Waals surface area contributed by atoms with E-state index in [1.165, 1.54) is 108 Å². The third kappa shape index (κ3) is 14.0. The highest BCUT2D eigenvalue weighted by Crippen LogP contribution is 2.24. The molecule has 0 nitrogen and oxygen atoms in total. The van der Waals surface area contributed by atoms with Crippen molar-refractivity contribution in [1.29, 1.82) is 0 Å². The molecule has 0 spiro atoms. The fourth-order valence-corrected chi connectivity index (χ4v) is 4.19. The van der Waals surface area contributed by atoms with Crippen LogP contribution in [-0.4, -0.2) is 0 Å². The normalized spacial score (nSPS) is 12.6. The molecule has 1 atom stereocenters. The Morgan fingerprint density at radius 1 is 0.593 bits per heavy atom. The van der Waals surface area contributed by atoms with Gasteiger partial charge in [-0.05, 0) is 30.2 Å². The van der Waals surface area contributed by atoms with Gasteiger partial charge in [0.1, 0.15) is 0 Å². The first-order valence-electron chi connectivity index (χ1n) is 12.3. The van der Waals surface area contributed by atoms with Crippen molar-refractivity contribution in [3.05, 3.63) is 35.9 Å². The van der Waals surface area contributed by atoms with E-state index in [0.29, 0.717) is 0 Å². The second-order valence-corrected chi connectivity index (χ2v) is 9.08. The molecular weight excluding hydrogens is 324 g/mol.